The minimum absolute atomic E-state index is 0.672. The number of nitrogens with zero attached hydrogens (tertiary/aromatic N) is 3. The van der Waals surface area contributed by atoms with E-state index in [4.69, 9.17) is 4.74 Å². The average molecular weight is 260 g/mol. The number of hydrogen-bond acceptors (Lipinski definition) is 4. The summed E-state index contributed by atoms with van der Waals surface area (Å²) in [5.74, 6) is 0. The summed E-state index contributed by atoms with van der Waals surface area (Å²) in [6, 6.07) is 8.49. The molecule has 0 aliphatic heterocycles. The van der Waals surface area contributed by atoms with E-state index in [9.17, 15) is 0 Å². The highest BCUT2D eigenvalue weighted by atomic mass is 16.5. The van der Waals surface area contributed by atoms with Crippen LogP contribution in [0.15, 0.2) is 36.7 Å². The van der Waals surface area contributed by atoms with Crippen molar-refractivity contribution in [1.82, 2.24) is 20.3 Å². The van der Waals surface area contributed by atoms with Crippen LogP contribution in [-0.4, -0.2) is 28.6 Å². The standard InChI is InChI=1S/C14H20N4O/c1-19-12-14-5-3-13(4-6-14)11-15-7-2-9-18-10-8-16-17-18/h3-6,8,10,15H,2,7,9,11-12H2,1H3. The molecule has 1 aromatic heterocycles. The van der Waals surface area contributed by atoms with Gasteiger partial charge in [0.1, 0.15) is 0 Å². The fraction of sp³-hybridized carbons (Fsp3) is 0.429. The summed E-state index contributed by atoms with van der Waals surface area (Å²) in [5.41, 5.74) is 2.50. The Kier molecular flexibility index (Phi) is 5.52. The molecule has 0 aliphatic rings. The molecule has 5 heteroatoms. The zero-order chi connectivity index (χ0) is 13.3. The molecule has 0 aliphatic carbocycles. The molecule has 0 radical (unpaired) electrons. The van der Waals surface area contributed by atoms with Crippen LogP contribution in [0.1, 0.15) is 17.5 Å². The predicted molar refractivity (Wildman–Crippen MR) is 73.5 cm³/mol. The van der Waals surface area contributed by atoms with Crippen molar-refractivity contribution in [3.05, 3.63) is 47.8 Å². The van der Waals surface area contributed by atoms with Gasteiger partial charge < -0.3 is 10.1 Å². The Morgan fingerprint density at radius 1 is 1.21 bits per heavy atom. The summed E-state index contributed by atoms with van der Waals surface area (Å²) in [6.07, 6.45) is 4.63. The number of aromatic nitrogens is 3. The van der Waals surface area contributed by atoms with E-state index in [1.807, 2.05) is 10.9 Å². The number of aryl methyl sites for hydroxylation is 1. The van der Waals surface area contributed by atoms with E-state index in [2.05, 4.69) is 39.9 Å². The van der Waals surface area contributed by atoms with Crippen LogP contribution in [0.5, 0.6) is 0 Å². The van der Waals surface area contributed by atoms with Gasteiger partial charge in [-0.2, -0.15) is 0 Å². The zero-order valence-corrected chi connectivity index (χ0v) is 11.2. The van der Waals surface area contributed by atoms with Gasteiger partial charge in [0.2, 0.25) is 0 Å². The molecule has 0 bridgehead atoms. The fourth-order valence-electron chi connectivity index (χ4n) is 1.87. The van der Waals surface area contributed by atoms with Gasteiger partial charge >= 0.3 is 0 Å². The summed E-state index contributed by atoms with van der Waals surface area (Å²) in [4.78, 5) is 0. The molecule has 1 N–H and O–H groups in total. The van der Waals surface area contributed by atoms with Crippen molar-refractivity contribution in [2.75, 3.05) is 13.7 Å². The molecule has 1 heterocycles. The van der Waals surface area contributed by atoms with E-state index < -0.39 is 0 Å². The second-order valence-corrected chi connectivity index (χ2v) is 4.45. The van der Waals surface area contributed by atoms with Crippen LogP contribution in [0.25, 0.3) is 0 Å². The molecule has 0 saturated carbocycles. The largest absolute Gasteiger partial charge is 0.380 e. The molecule has 19 heavy (non-hydrogen) atoms. The maximum atomic E-state index is 5.09. The highest BCUT2D eigenvalue weighted by Crippen LogP contribution is 2.05. The summed E-state index contributed by atoms with van der Waals surface area (Å²) >= 11 is 0. The summed E-state index contributed by atoms with van der Waals surface area (Å²) in [6.45, 7) is 3.44. The predicted octanol–water partition coefficient (Wildman–Crippen LogP) is 1.60. The third kappa shape index (κ3) is 4.81. The van der Waals surface area contributed by atoms with Gasteiger partial charge in [0, 0.05) is 26.4 Å². The lowest BCUT2D eigenvalue weighted by molar-refractivity contribution is 0.185. The van der Waals surface area contributed by atoms with E-state index in [0.29, 0.717) is 6.61 Å². The molecule has 102 valence electrons. The number of methoxy groups -OCH3 is 1. The molecule has 0 unspecified atom stereocenters. The Labute approximate surface area is 113 Å². The summed E-state index contributed by atoms with van der Waals surface area (Å²) < 4.78 is 6.94. The Morgan fingerprint density at radius 3 is 2.68 bits per heavy atom. The van der Waals surface area contributed by atoms with Gasteiger partial charge in [-0.1, -0.05) is 29.5 Å². The molecular formula is C14H20N4O. The molecule has 0 fully saturated rings. The van der Waals surface area contributed by atoms with Crippen molar-refractivity contribution in [2.24, 2.45) is 0 Å². The van der Waals surface area contributed by atoms with Crippen molar-refractivity contribution >= 4 is 0 Å². The lowest BCUT2D eigenvalue weighted by Crippen LogP contribution is -2.16. The number of benzene rings is 1. The van der Waals surface area contributed by atoms with Crippen molar-refractivity contribution in [1.29, 1.82) is 0 Å². The Morgan fingerprint density at radius 2 is 2.00 bits per heavy atom. The molecule has 0 saturated heterocycles. The van der Waals surface area contributed by atoms with Crippen LogP contribution < -0.4 is 5.32 Å². The van der Waals surface area contributed by atoms with Crippen molar-refractivity contribution in [3.63, 3.8) is 0 Å². The Hall–Kier alpha value is -1.72. The smallest absolute Gasteiger partial charge is 0.0713 e. The first-order valence-electron chi connectivity index (χ1n) is 6.50. The highest BCUT2D eigenvalue weighted by Gasteiger charge is 1.95. The lowest BCUT2D eigenvalue weighted by atomic mass is 10.1. The maximum Gasteiger partial charge on any atom is 0.0713 e. The number of nitrogens with one attached hydrogen (secondary N) is 1. The van der Waals surface area contributed by atoms with Crippen molar-refractivity contribution in [3.8, 4) is 0 Å². The Bertz CT molecular complexity index is 453. The second kappa shape index (κ2) is 7.66. The summed E-state index contributed by atoms with van der Waals surface area (Å²) in [5, 5.41) is 11.1. The van der Waals surface area contributed by atoms with Crippen LogP contribution >= 0.6 is 0 Å². The number of ether oxygens (including phenoxy) is 1. The van der Waals surface area contributed by atoms with E-state index >= 15 is 0 Å². The molecule has 2 aromatic rings. The van der Waals surface area contributed by atoms with Gasteiger partial charge in [-0.3, -0.25) is 4.68 Å². The fourth-order valence-corrected chi connectivity index (χ4v) is 1.87. The Balaban J connectivity index is 1.62. The second-order valence-electron chi connectivity index (χ2n) is 4.45. The van der Waals surface area contributed by atoms with Crippen molar-refractivity contribution in [2.45, 2.75) is 26.1 Å². The first kappa shape index (κ1) is 13.7. The molecule has 0 spiro atoms. The van der Waals surface area contributed by atoms with Crippen LogP contribution in [0, 0.1) is 0 Å². The monoisotopic (exact) mass is 260 g/mol. The molecule has 5 nitrogen and oxygen atoms in total. The van der Waals surface area contributed by atoms with Gasteiger partial charge in [0.05, 0.1) is 12.8 Å². The summed E-state index contributed by atoms with van der Waals surface area (Å²) in [7, 11) is 1.71. The highest BCUT2D eigenvalue weighted by molar-refractivity contribution is 5.21. The maximum absolute atomic E-state index is 5.09. The molecule has 0 atom stereocenters. The minimum atomic E-state index is 0.672. The third-order valence-corrected chi connectivity index (χ3v) is 2.88. The molecule has 0 amide bonds. The van der Waals surface area contributed by atoms with Gasteiger partial charge in [-0.25, -0.2) is 0 Å². The normalized spacial score (nSPS) is 10.8. The van der Waals surface area contributed by atoms with Crippen LogP contribution in [0.4, 0.5) is 0 Å². The molecular weight excluding hydrogens is 240 g/mol. The zero-order valence-electron chi connectivity index (χ0n) is 11.2. The van der Waals surface area contributed by atoms with Crippen LogP contribution in [-0.2, 0) is 24.4 Å². The average Bonchev–Trinajstić information content (AvgIpc) is 2.94. The quantitative estimate of drug-likeness (QED) is 0.733. The van der Waals surface area contributed by atoms with Gasteiger partial charge in [0.15, 0.2) is 0 Å². The number of hydrogen-bond donors (Lipinski definition) is 1. The van der Waals surface area contributed by atoms with Gasteiger partial charge in [-0.05, 0) is 24.1 Å². The number of rotatable bonds is 8. The van der Waals surface area contributed by atoms with E-state index in [-0.39, 0.29) is 0 Å². The SMILES string of the molecule is COCc1ccc(CNCCCn2ccnn2)cc1. The van der Waals surface area contributed by atoms with Gasteiger partial charge in [0.25, 0.3) is 0 Å². The van der Waals surface area contributed by atoms with Crippen molar-refractivity contribution < 1.29 is 4.74 Å². The van der Waals surface area contributed by atoms with E-state index in [1.54, 1.807) is 13.3 Å². The lowest BCUT2D eigenvalue weighted by Gasteiger charge is -2.06. The first-order valence-corrected chi connectivity index (χ1v) is 6.50. The first-order chi connectivity index (χ1) is 9.38. The topological polar surface area (TPSA) is 52.0 Å². The van der Waals surface area contributed by atoms with E-state index in [1.165, 1.54) is 11.1 Å². The van der Waals surface area contributed by atoms with E-state index in [0.717, 1.165) is 26.1 Å². The minimum Gasteiger partial charge on any atom is -0.380 e. The molecule has 2 rings (SSSR count). The van der Waals surface area contributed by atoms with Crippen LogP contribution in [0.3, 0.4) is 0 Å². The van der Waals surface area contributed by atoms with Gasteiger partial charge in [-0.15, -0.1) is 5.10 Å². The molecule has 1 aromatic carbocycles. The van der Waals surface area contributed by atoms with Crippen LogP contribution in [0.2, 0.25) is 0 Å². The third-order valence-electron chi connectivity index (χ3n) is 2.88.